The number of rotatable bonds is 6. The first-order valence-corrected chi connectivity index (χ1v) is 4.56. The summed E-state index contributed by atoms with van der Waals surface area (Å²) in [4.78, 5) is 10.6. The molecule has 0 aliphatic carbocycles. The van der Waals surface area contributed by atoms with E-state index in [4.69, 9.17) is 15.6 Å². The molecule has 0 spiro atoms. The largest absolute Gasteiger partial charge is 0.479 e. The fourth-order valence-electron chi connectivity index (χ4n) is 0.757. The molecule has 3 N–H and O–H groups in total. The zero-order chi connectivity index (χ0) is 10.5. The molecule has 0 fully saturated rings. The average molecular weight is 189 g/mol. The minimum atomic E-state index is -0.922. The highest BCUT2D eigenvalue weighted by Crippen LogP contribution is 2.08. The molecule has 0 radical (unpaired) electrons. The maximum absolute atomic E-state index is 10.6. The maximum atomic E-state index is 10.6. The van der Waals surface area contributed by atoms with Crippen molar-refractivity contribution in [2.45, 2.75) is 45.3 Å². The van der Waals surface area contributed by atoms with Gasteiger partial charge in [0, 0.05) is 5.54 Å². The summed E-state index contributed by atoms with van der Waals surface area (Å²) in [6.07, 6.45) is 0.507. The van der Waals surface area contributed by atoms with E-state index in [0.717, 1.165) is 6.42 Å². The molecule has 4 nitrogen and oxygen atoms in total. The summed E-state index contributed by atoms with van der Waals surface area (Å²) >= 11 is 0. The molecule has 0 saturated heterocycles. The predicted molar refractivity (Wildman–Crippen MR) is 50.6 cm³/mol. The number of aliphatic carboxylic acids is 1. The Kier molecular flexibility index (Phi) is 4.95. The van der Waals surface area contributed by atoms with E-state index >= 15 is 0 Å². The monoisotopic (exact) mass is 189 g/mol. The van der Waals surface area contributed by atoms with Crippen LogP contribution in [0.2, 0.25) is 0 Å². The lowest BCUT2D eigenvalue weighted by Gasteiger charge is -2.24. The van der Waals surface area contributed by atoms with Gasteiger partial charge in [-0.3, -0.25) is 0 Å². The molecule has 0 aliphatic heterocycles. The van der Waals surface area contributed by atoms with E-state index < -0.39 is 17.6 Å². The van der Waals surface area contributed by atoms with Gasteiger partial charge in [0.2, 0.25) is 0 Å². The van der Waals surface area contributed by atoms with Gasteiger partial charge in [-0.2, -0.15) is 0 Å². The lowest BCUT2D eigenvalue weighted by molar-refractivity contribution is -0.151. The molecule has 0 aromatic heterocycles. The van der Waals surface area contributed by atoms with Gasteiger partial charge in [-0.25, -0.2) is 4.79 Å². The summed E-state index contributed by atoms with van der Waals surface area (Å²) in [5.74, 6) is -0.922. The molecule has 0 rings (SSSR count). The fourth-order valence-corrected chi connectivity index (χ4v) is 0.757. The quantitative estimate of drug-likeness (QED) is 0.653. The van der Waals surface area contributed by atoms with Crippen LogP contribution in [0.25, 0.3) is 0 Å². The summed E-state index contributed by atoms with van der Waals surface area (Å²) in [6.45, 7) is 5.86. The van der Waals surface area contributed by atoms with Crippen molar-refractivity contribution in [3.05, 3.63) is 0 Å². The second-order valence-corrected chi connectivity index (χ2v) is 3.55. The summed E-state index contributed by atoms with van der Waals surface area (Å²) in [5, 5.41) is 8.68. The Hall–Kier alpha value is -0.610. The van der Waals surface area contributed by atoms with Crippen LogP contribution in [0.4, 0.5) is 0 Å². The molecule has 13 heavy (non-hydrogen) atoms. The number of nitrogens with two attached hydrogens (primary N) is 1. The van der Waals surface area contributed by atoms with E-state index in [1.54, 1.807) is 6.92 Å². The Balaban J connectivity index is 3.92. The van der Waals surface area contributed by atoms with Crippen LogP contribution in [-0.2, 0) is 9.53 Å². The average Bonchev–Trinajstić information content (AvgIpc) is 2.05. The number of hydrogen-bond donors (Lipinski definition) is 2. The molecule has 0 amide bonds. The normalized spacial score (nSPS) is 17.8. The van der Waals surface area contributed by atoms with Crippen molar-refractivity contribution in [3.63, 3.8) is 0 Å². The Morgan fingerprint density at radius 2 is 2.15 bits per heavy atom. The van der Waals surface area contributed by atoms with Crippen molar-refractivity contribution in [1.82, 2.24) is 0 Å². The third-order valence-electron chi connectivity index (χ3n) is 2.07. The lowest BCUT2D eigenvalue weighted by atomic mass is 10.0. The second kappa shape index (κ2) is 5.19. The SMILES string of the molecule is CCC(OCC(C)(N)CC)C(=O)O. The first kappa shape index (κ1) is 12.4. The molecule has 2 unspecified atom stereocenters. The third-order valence-corrected chi connectivity index (χ3v) is 2.07. The summed E-state index contributed by atoms with van der Waals surface area (Å²) in [6, 6.07) is 0. The van der Waals surface area contributed by atoms with E-state index in [1.165, 1.54) is 0 Å². The van der Waals surface area contributed by atoms with Crippen molar-refractivity contribution in [1.29, 1.82) is 0 Å². The summed E-state index contributed by atoms with van der Waals surface area (Å²) in [5.41, 5.74) is 5.37. The van der Waals surface area contributed by atoms with Crippen LogP contribution in [-0.4, -0.2) is 29.3 Å². The molecule has 4 heteroatoms. The Morgan fingerprint density at radius 1 is 1.62 bits per heavy atom. The first-order valence-electron chi connectivity index (χ1n) is 4.56. The van der Waals surface area contributed by atoms with Gasteiger partial charge in [0.05, 0.1) is 6.61 Å². The minimum absolute atomic E-state index is 0.286. The van der Waals surface area contributed by atoms with Crippen LogP contribution < -0.4 is 5.73 Å². The molecule has 0 bridgehead atoms. The Labute approximate surface area is 79.1 Å². The third kappa shape index (κ3) is 4.85. The van der Waals surface area contributed by atoms with Crippen molar-refractivity contribution >= 4 is 5.97 Å². The molecule has 0 heterocycles. The standard InChI is InChI=1S/C9H19NO3/c1-4-7(8(11)12)13-6-9(3,10)5-2/h7H,4-6,10H2,1-3H3,(H,11,12). The molecule has 0 aliphatic rings. The van der Waals surface area contributed by atoms with Gasteiger partial charge < -0.3 is 15.6 Å². The highest BCUT2D eigenvalue weighted by atomic mass is 16.5. The Bertz CT molecular complexity index is 168. The number of carboxylic acid groups (broad SMARTS) is 1. The van der Waals surface area contributed by atoms with Gasteiger partial charge in [0.15, 0.2) is 6.10 Å². The van der Waals surface area contributed by atoms with Crippen molar-refractivity contribution in [3.8, 4) is 0 Å². The number of carboxylic acids is 1. The molecule has 2 atom stereocenters. The Morgan fingerprint density at radius 3 is 2.46 bits per heavy atom. The van der Waals surface area contributed by atoms with E-state index in [-0.39, 0.29) is 6.61 Å². The van der Waals surface area contributed by atoms with Gasteiger partial charge in [-0.15, -0.1) is 0 Å². The van der Waals surface area contributed by atoms with Crippen molar-refractivity contribution in [2.75, 3.05) is 6.61 Å². The zero-order valence-electron chi connectivity index (χ0n) is 8.54. The van der Waals surface area contributed by atoms with Gasteiger partial charge >= 0.3 is 5.97 Å². The van der Waals surface area contributed by atoms with Crippen LogP contribution in [0.3, 0.4) is 0 Å². The summed E-state index contributed by atoms with van der Waals surface area (Å²) < 4.78 is 5.18. The van der Waals surface area contributed by atoms with Crippen LogP contribution in [0.5, 0.6) is 0 Å². The molecule has 0 aromatic carbocycles. The van der Waals surface area contributed by atoms with Crippen LogP contribution >= 0.6 is 0 Å². The van der Waals surface area contributed by atoms with Crippen LogP contribution in [0, 0.1) is 0 Å². The van der Waals surface area contributed by atoms with E-state index in [9.17, 15) is 4.79 Å². The highest BCUT2D eigenvalue weighted by molar-refractivity contribution is 5.72. The van der Waals surface area contributed by atoms with Crippen LogP contribution in [0.1, 0.15) is 33.6 Å². The topological polar surface area (TPSA) is 72.5 Å². The van der Waals surface area contributed by atoms with Crippen molar-refractivity contribution in [2.24, 2.45) is 5.73 Å². The smallest absolute Gasteiger partial charge is 0.332 e. The summed E-state index contributed by atoms with van der Waals surface area (Å²) in [7, 11) is 0. The molecule has 0 aromatic rings. The van der Waals surface area contributed by atoms with Gasteiger partial charge in [-0.1, -0.05) is 13.8 Å². The lowest BCUT2D eigenvalue weighted by Crippen LogP contribution is -2.42. The number of ether oxygens (including phenoxy) is 1. The van der Waals surface area contributed by atoms with E-state index in [1.807, 2.05) is 13.8 Å². The van der Waals surface area contributed by atoms with Gasteiger partial charge in [0.25, 0.3) is 0 Å². The minimum Gasteiger partial charge on any atom is -0.479 e. The van der Waals surface area contributed by atoms with Gasteiger partial charge in [0.1, 0.15) is 0 Å². The maximum Gasteiger partial charge on any atom is 0.332 e. The fraction of sp³-hybridized carbons (Fsp3) is 0.889. The molecule has 78 valence electrons. The number of hydrogen-bond acceptors (Lipinski definition) is 3. The highest BCUT2D eigenvalue weighted by Gasteiger charge is 2.21. The number of carbonyl (C=O) groups is 1. The van der Waals surface area contributed by atoms with Crippen molar-refractivity contribution < 1.29 is 14.6 Å². The molecular formula is C9H19NO3. The zero-order valence-corrected chi connectivity index (χ0v) is 8.54. The molecule has 0 saturated carbocycles. The van der Waals surface area contributed by atoms with E-state index in [0.29, 0.717) is 6.42 Å². The second-order valence-electron chi connectivity index (χ2n) is 3.55. The molecular weight excluding hydrogens is 170 g/mol. The van der Waals surface area contributed by atoms with E-state index in [2.05, 4.69) is 0 Å². The first-order chi connectivity index (χ1) is 5.93. The van der Waals surface area contributed by atoms with Crippen LogP contribution in [0.15, 0.2) is 0 Å². The van der Waals surface area contributed by atoms with Gasteiger partial charge in [-0.05, 0) is 19.8 Å². The predicted octanol–water partition coefficient (Wildman–Crippen LogP) is 0.994.